The van der Waals surface area contributed by atoms with Crippen LogP contribution in [0, 0.1) is 20.8 Å². The van der Waals surface area contributed by atoms with Crippen LogP contribution in [0.3, 0.4) is 0 Å². The molecule has 3 atom stereocenters. The van der Waals surface area contributed by atoms with Crippen molar-refractivity contribution in [3.63, 3.8) is 0 Å². The Morgan fingerprint density at radius 3 is 0.947 bits per heavy atom. The molecule has 6 rings (SSSR count). The topological polar surface area (TPSA) is 65.3 Å². The normalized spacial score (nSPS) is 19.5. The van der Waals surface area contributed by atoms with Gasteiger partial charge in [-0.3, -0.25) is 0 Å². The molecule has 6 heteroatoms. The number of ether oxygens (including phenoxy) is 6. The Balaban J connectivity index is 0.000000195. The van der Waals surface area contributed by atoms with Gasteiger partial charge in [-0.05, 0) is 55.7 Å². The van der Waals surface area contributed by atoms with E-state index in [2.05, 4.69) is 0 Å². The molecule has 3 saturated heterocycles. The molecule has 3 aromatic carbocycles. The molecule has 0 N–H and O–H groups in total. The smallest absolute Gasteiger partial charge is 0.122 e. The van der Waals surface area contributed by atoms with Crippen molar-refractivity contribution in [1.29, 1.82) is 0 Å². The summed E-state index contributed by atoms with van der Waals surface area (Å²) < 4.78 is 31.7. The molecule has 0 spiro atoms. The first-order valence-electron chi connectivity index (χ1n) is 12.5. The fourth-order valence-corrected chi connectivity index (χ4v) is 3.20. The maximum Gasteiger partial charge on any atom is 0.122 e. The first-order valence-corrected chi connectivity index (χ1v) is 12.5. The molecule has 3 aromatic rings. The summed E-state index contributed by atoms with van der Waals surface area (Å²) in [4.78, 5) is 0. The van der Waals surface area contributed by atoms with Gasteiger partial charge in [0.05, 0.1) is 19.8 Å². The molecule has 38 heavy (non-hydrogen) atoms. The van der Waals surface area contributed by atoms with Crippen LogP contribution in [0.1, 0.15) is 31.5 Å². The van der Waals surface area contributed by atoms with E-state index in [4.69, 9.17) is 28.4 Å². The lowest BCUT2D eigenvalue weighted by atomic mass is 10.2. The van der Waals surface area contributed by atoms with E-state index < -0.39 is 0 Å². The quantitative estimate of drug-likeness (QED) is 0.294. The lowest BCUT2D eigenvalue weighted by Crippen LogP contribution is -2.04. The molecule has 3 heterocycles. The summed E-state index contributed by atoms with van der Waals surface area (Å²) >= 11 is 0. The van der Waals surface area contributed by atoms with Gasteiger partial charge in [0.15, 0.2) is 0 Å². The summed E-state index contributed by atoms with van der Waals surface area (Å²) in [6, 6.07) is 24.1. The van der Waals surface area contributed by atoms with E-state index in [-0.39, 0.29) is 14.9 Å². The molecule has 3 fully saturated rings. The minimum absolute atomic E-state index is 0. The molecule has 0 aromatic heterocycles. The first kappa shape index (κ1) is 31.2. The summed E-state index contributed by atoms with van der Waals surface area (Å²) in [5, 5.41) is 0. The Morgan fingerprint density at radius 1 is 0.500 bits per heavy atom. The average molecular weight is 525 g/mol. The molecule has 0 saturated carbocycles. The summed E-state index contributed by atoms with van der Waals surface area (Å²) in [5.74, 6) is 2.90. The van der Waals surface area contributed by atoms with Gasteiger partial charge in [0, 0.05) is 0 Å². The van der Waals surface area contributed by atoms with Gasteiger partial charge in [-0.15, -0.1) is 0 Å². The van der Waals surface area contributed by atoms with Crippen molar-refractivity contribution in [2.24, 2.45) is 0 Å². The third-order valence-electron chi connectivity index (χ3n) is 5.76. The third kappa shape index (κ3) is 11.5. The monoisotopic (exact) mass is 524 g/mol. The minimum Gasteiger partial charge on any atom is -0.491 e. The SMILES string of the molecule is C.C.Cc1ccccc1OCC1CO1.Cc1ccccc1OCC1CO1.Cc1ccccc1OCC1CO1. The van der Waals surface area contributed by atoms with Gasteiger partial charge in [0.2, 0.25) is 0 Å². The van der Waals surface area contributed by atoms with Crippen LogP contribution in [-0.4, -0.2) is 58.0 Å². The van der Waals surface area contributed by atoms with Gasteiger partial charge in [-0.1, -0.05) is 69.5 Å². The molecule has 0 amide bonds. The van der Waals surface area contributed by atoms with Crippen LogP contribution in [0.15, 0.2) is 72.8 Å². The third-order valence-corrected chi connectivity index (χ3v) is 5.76. The second-order valence-corrected chi connectivity index (χ2v) is 9.10. The number of para-hydroxylation sites is 3. The van der Waals surface area contributed by atoms with E-state index >= 15 is 0 Å². The largest absolute Gasteiger partial charge is 0.491 e. The molecule has 208 valence electrons. The van der Waals surface area contributed by atoms with Gasteiger partial charge in [0.1, 0.15) is 55.4 Å². The zero-order chi connectivity index (χ0) is 25.2. The molecule has 0 bridgehead atoms. The molecule has 3 aliphatic heterocycles. The maximum absolute atomic E-state index is 5.54. The van der Waals surface area contributed by atoms with E-state index in [1.54, 1.807) is 0 Å². The molecule has 0 aliphatic carbocycles. The summed E-state index contributed by atoms with van der Waals surface area (Å²) in [5.41, 5.74) is 3.54. The number of rotatable bonds is 9. The second kappa shape index (κ2) is 16.0. The molecule has 3 aliphatic rings. The first-order chi connectivity index (χ1) is 17.6. The van der Waals surface area contributed by atoms with E-state index in [9.17, 15) is 0 Å². The lowest BCUT2D eigenvalue weighted by Gasteiger charge is -2.06. The fraction of sp³-hybridized carbons (Fsp3) is 0.438. The van der Waals surface area contributed by atoms with Crippen molar-refractivity contribution >= 4 is 0 Å². The van der Waals surface area contributed by atoms with Crippen LogP contribution in [0.5, 0.6) is 17.2 Å². The standard InChI is InChI=1S/3C10H12O2.2CH4/c3*1-8-4-2-3-5-10(8)12-7-9-6-11-9;;/h3*2-5,9H,6-7H2,1H3;2*1H4. The Labute approximate surface area is 228 Å². The summed E-state index contributed by atoms with van der Waals surface area (Å²) in [6.07, 6.45) is 1.01. The fourth-order valence-electron chi connectivity index (χ4n) is 3.20. The number of benzene rings is 3. The summed E-state index contributed by atoms with van der Waals surface area (Å²) in [7, 11) is 0. The Bertz CT molecular complexity index is 936. The van der Waals surface area contributed by atoms with Crippen molar-refractivity contribution in [2.45, 2.75) is 53.9 Å². The van der Waals surface area contributed by atoms with Gasteiger partial charge in [-0.2, -0.15) is 0 Å². The average Bonchev–Trinajstić information content (AvgIpc) is 3.75. The highest BCUT2D eigenvalue weighted by molar-refractivity contribution is 5.33. The van der Waals surface area contributed by atoms with Crippen molar-refractivity contribution in [3.8, 4) is 17.2 Å². The lowest BCUT2D eigenvalue weighted by molar-refractivity contribution is 0.262. The Morgan fingerprint density at radius 2 is 0.737 bits per heavy atom. The molecule has 6 nitrogen and oxygen atoms in total. The highest BCUT2D eigenvalue weighted by atomic mass is 16.6. The van der Waals surface area contributed by atoms with Crippen LogP contribution in [-0.2, 0) is 14.2 Å². The van der Waals surface area contributed by atoms with Crippen LogP contribution < -0.4 is 14.2 Å². The molecule has 0 radical (unpaired) electrons. The number of hydrogen-bond acceptors (Lipinski definition) is 6. The molecular formula is C32H44O6. The van der Waals surface area contributed by atoms with Crippen LogP contribution >= 0.6 is 0 Å². The van der Waals surface area contributed by atoms with Crippen LogP contribution in [0.4, 0.5) is 0 Å². The van der Waals surface area contributed by atoms with E-state index in [1.165, 1.54) is 16.7 Å². The van der Waals surface area contributed by atoms with Crippen molar-refractivity contribution < 1.29 is 28.4 Å². The Kier molecular flexibility index (Phi) is 13.1. The predicted molar refractivity (Wildman–Crippen MR) is 153 cm³/mol. The van der Waals surface area contributed by atoms with Crippen molar-refractivity contribution in [2.75, 3.05) is 39.6 Å². The number of aryl methyl sites for hydroxylation is 3. The second-order valence-electron chi connectivity index (χ2n) is 9.10. The summed E-state index contributed by atoms with van der Waals surface area (Å²) in [6.45, 7) is 10.7. The van der Waals surface area contributed by atoms with E-state index in [0.29, 0.717) is 38.1 Å². The van der Waals surface area contributed by atoms with Gasteiger partial charge >= 0.3 is 0 Å². The van der Waals surface area contributed by atoms with Crippen LogP contribution in [0.2, 0.25) is 0 Å². The van der Waals surface area contributed by atoms with Crippen LogP contribution in [0.25, 0.3) is 0 Å². The number of epoxide rings is 3. The predicted octanol–water partition coefficient (Wildman–Crippen LogP) is 6.59. The minimum atomic E-state index is 0. The number of hydrogen-bond donors (Lipinski definition) is 0. The highest BCUT2D eigenvalue weighted by Gasteiger charge is 2.24. The van der Waals surface area contributed by atoms with Crippen molar-refractivity contribution in [3.05, 3.63) is 89.5 Å². The zero-order valence-electron chi connectivity index (χ0n) is 21.4. The highest BCUT2D eigenvalue weighted by Crippen LogP contribution is 2.20. The zero-order valence-corrected chi connectivity index (χ0v) is 21.4. The van der Waals surface area contributed by atoms with Gasteiger partial charge in [0.25, 0.3) is 0 Å². The van der Waals surface area contributed by atoms with Gasteiger partial charge in [-0.25, -0.2) is 0 Å². The van der Waals surface area contributed by atoms with E-state index in [1.807, 2.05) is 93.6 Å². The Hall–Kier alpha value is -3.06. The molecular weight excluding hydrogens is 480 g/mol. The maximum atomic E-state index is 5.54. The van der Waals surface area contributed by atoms with Gasteiger partial charge < -0.3 is 28.4 Å². The molecule has 3 unspecified atom stereocenters. The van der Waals surface area contributed by atoms with Crippen molar-refractivity contribution in [1.82, 2.24) is 0 Å². The van der Waals surface area contributed by atoms with E-state index in [0.717, 1.165) is 37.1 Å².